The van der Waals surface area contributed by atoms with Crippen molar-refractivity contribution in [1.82, 2.24) is 5.32 Å². The van der Waals surface area contributed by atoms with Gasteiger partial charge in [-0.1, -0.05) is 62.7 Å². The van der Waals surface area contributed by atoms with E-state index in [2.05, 4.69) is 69.4 Å². The molecule has 0 radical (unpaired) electrons. The van der Waals surface area contributed by atoms with Crippen molar-refractivity contribution in [2.45, 2.75) is 47.1 Å². The summed E-state index contributed by atoms with van der Waals surface area (Å²) < 4.78 is 0. The van der Waals surface area contributed by atoms with Gasteiger partial charge in [0.25, 0.3) is 0 Å². The summed E-state index contributed by atoms with van der Waals surface area (Å²) in [6.45, 7) is 10.7. The summed E-state index contributed by atoms with van der Waals surface area (Å²) in [5.41, 5.74) is 8.37. The first-order valence-electron chi connectivity index (χ1n) is 8.12. The van der Waals surface area contributed by atoms with Crippen LogP contribution >= 0.6 is 0 Å². The fourth-order valence-electron chi connectivity index (χ4n) is 2.84. The van der Waals surface area contributed by atoms with E-state index in [1.807, 2.05) is 0 Å². The van der Waals surface area contributed by atoms with Crippen LogP contribution in [0.2, 0.25) is 0 Å². The lowest BCUT2D eigenvalue weighted by Crippen LogP contribution is -2.12. The molecule has 0 aliphatic heterocycles. The van der Waals surface area contributed by atoms with Gasteiger partial charge in [-0.25, -0.2) is 0 Å². The van der Waals surface area contributed by atoms with Gasteiger partial charge in [0.1, 0.15) is 0 Å². The SMILES string of the molecule is CCNCc1ccc(C)cc1-c1ccc(CC)c(CC)c1. The monoisotopic (exact) mass is 281 g/mol. The van der Waals surface area contributed by atoms with Gasteiger partial charge < -0.3 is 5.32 Å². The Morgan fingerprint density at radius 2 is 1.52 bits per heavy atom. The molecular formula is C20H27N. The molecule has 0 unspecified atom stereocenters. The summed E-state index contributed by atoms with van der Waals surface area (Å²) in [4.78, 5) is 0. The summed E-state index contributed by atoms with van der Waals surface area (Å²) in [7, 11) is 0. The van der Waals surface area contributed by atoms with Gasteiger partial charge in [0.05, 0.1) is 0 Å². The van der Waals surface area contributed by atoms with Gasteiger partial charge in [-0.3, -0.25) is 0 Å². The second-order valence-electron chi connectivity index (χ2n) is 5.63. The standard InChI is InChI=1S/C20H27N/c1-5-16-10-11-18(13-17(16)6-2)20-12-15(4)8-9-19(20)14-21-7-3/h8-13,21H,5-7,14H2,1-4H3. The maximum atomic E-state index is 3.45. The Labute approximate surface area is 129 Å². The zero-order chi connectivity index (χ0) is 15.2. The van der Waals surface area contributed by atoms with E-state index in [-0.39, 0.29) is 0 Å². The number of hydrogen-bond acceptors (Lipinski definition) is 1. The molecule has 0 heterocycles. The number of hydrogen-bond donors (Lipinski definition) is 1. The van der Waals surface area contributed by atoms with E-state index in [9.17, 15) is 0 Å². The van der Waals surface area contributed by atoms with Crippen molar-refractivity contribution in [2.75, 3.05) is 6.54 Å². The summed E-state index contributed by atoms with van der Waals surface area (Å²) in [6.07, 6.45) is 2.22. The Morgan fingerprint density at radius 1 is 0.810 bits per heavy atom. The van der Waals surface area contributed by atoms with Gasteiger partial charge in [-0.05, 0) is 54.1 Å². The van der Waals surface area contributed by atoms with Crippen LogP contribution in [0.3, 0.4) is 0 Å². The van der Waals surface area contributed by atoms with Crippen molar-refractivity contribution in [3.8, 4) is 11.1 Å². The Morgan fingerprint density at radius 3 is 2.19 bits per heavy atom. The zero-order valence-electron chi connectivity index (χ0n) is 13.8. The quantitative estimate of drug-likeness (QED) is 0.794. The highest BCUT2D eigenvalue weighted by Crippen LogP contribution is 2.27. The van der Waals surface area contributed by atoms with Gasteiger partial charge in [0.2, 0.25) is 0 Å². The van der Waals surface area contributed by atoms with E-state index >= 15 is 0 Å². The second-order valence-corrected chi connectivity index (χ2v) is 5.63. The van der Waals surface area contributed by atoms with Crippen LogP contribution in [0, 0.1) is 6.92 Å². The van der Waals surface area contributed by atoms with Crippen molar-refractivity contribution < 1.29 is 0 Å². The molecule has 0 aliphatic carbocycles. The van der Waals surface area contributed by atoms with Crippen LogP contribution in [-0.2, 0) is 19.4 Å². The molecule has 0 saturated carbocycles. The summed E-state index contributed by atoms with van der Waals surface area (Å²) in [5, 5.41) is 3.45. The predicted octanol–water partition coefficient (Wildman–Crippen LogP) is 4.90. The smallest absolute Gasteiger partial charge is 0.0211 e. The number of benzene rings is 2. The molecule has 0 bridgehead atoms. The normalized spacial score (nSPS) is 10.9. The zero-order valence-corrected chi connectivity index (χ0v) is 13.8. The molecule has 0 spiro atoms. The molecule has 0 saturated heterocycles. The molecule has 2 aromatic carbocycles. The van der Waals surface area contributed by atoms with Gasteiger partial charge in [-0.2, -0.15) is 0 Å². The second kappa shape index (κ2) is 7.42. The summed E-state index contributed by atoms with van der Waals surface area (Å²) in [6, 6.07) is 13.7. The Balaban J connectivity index is 2.47. The minimum absolute atomic E-state index is 0.934. The molecule has 0 amide bonds. The Bertz CT molecular complexity index is 599. The van der Waals surface area contributed by atoms with Crippen LogP contribution in [0.15, 0.2) is 36.4 Å². The minimum Gasteiger partial charge on any atom is -0.313 e. The molecular weight excluding hydrogens is 254 g/mol. The molecule has 0 aromatic heterocycles. The van der Waals surface area contributed by atoms with Crippen LogP contribution in [0.4, 0.5) is 0 Å². The van der Waals surface area contributed by atoms with E-state index in [0.29, 0.717) is 0 Å². The van der Waals surface area contributed by atoms with Gasteiger partial charge >= 0.3 is 0 Å². The van der Waals surface area contributed by atoms with E-state index in [1.165, 1.54) is 33.4 Å². The molecule has 1 N–H and O–H groups in total. The van der Waals surface area contributed by atoms with E-state index < -0.39 is 0 Å². The predicted molar refractivity (Wildman–Crippen MR) is 92.8 cm³/mol. The lowest BCUT2D eigenvalue weighted by Gasteiger charge is -2.14. The minimum atomic E-state index is 0.934. The van der Waals surface area contributed by atoms with Gasteiger partial charge in [0.15, 0.2) is 0 Å². The largest absolute Gasteiger partial charge is 0.313 e. The lowest BCUT2D eigenvalue weighted by molar-refractivity contribution is 0.728. The van der Waals surface area contributed by atoms with Crippen LogP contribution in [0.1, 0.15) is 43.0 Å². The molecule has 2 aromatic rings. The third kappa shape index (κ3) is 3.74. The molecule has 2 rings (SSSR count). The lowest BCUT2D eigenvalue weighted by atomic mass is 9.93. The first-order valence-corrected chi connectivity index (χ1v) is 8.12. The van der Waals surface area contributed by atoms with E-state index in [4.69, 9.17) is 0 Å². The van der Waals surface area contributed by atoms with Crippen molar-refractivity contribution in [3.63, 3.8) is 0 Å². The maximum absolute atomic E-state index is 3.45. The Kier molecular flexibility index (Phi) is 5.58. The van der Waals surface area contributed by atoms with Crippen molar-refractivity contribution in [2.24, 2.45) is 0 Å². The third-order valence-corrected chi connectivity index (χ3v) is 4.11. The highest BCUT2D eigenvalue weighted by molar-refractivity contribution is 5.69. The van der Waals surface area contributed by atoms with Crippen molar-refractivity contribution >= 4 is 0 Å². The fraction of sp³-hybridized carbons (Fsp3) is 0.400. The molecule has 1 heteroatoms. The highest BCUT2D eigenvalue weighted by Gasteiger charge is 2.08. The van der Waals surface area contributed by atoms with Gasteiger partial charge in [0, 0.05) is 6.54 Å². The summed E-state index contributed by atoms with van der Waals surface area (Å²) >= 11 is 0. The Hall–Kier alpha value is -1.60. The molecule has 1 nitrogen and oxygen atoms in total. The van der Waals surface area contributed by atoms with Crippen LogP contribution in [0.25, 0.3) is 11.1 Å². The highest BCUT2D eigenvalue weighted by atomic mass is 14.8. The number of aryl methyl sites for hydroxylation is 3. The van der Waals surface area contributed by atoms with E-state index in [1.54, 1.807) is 0 Å². The van der Waals surface area contributed by atoms with Crippen molar-refractivity contribution in [1.29, 1.82) is 0 Å². The molecule has 0 aliphatic rings. The summed E-state index contributed by atoms with van der Waals surface area (Å²) in [5.74, 6) is 0. The number of rotatable bonds is 6. The molecule has 0 fully saturated rings. The number of nitrogens with one attached hydrogen (secondary N) is 1. The topological polar surface area (TPSA) is 12.0 Å². The van der Waals surface area contributed by atoms with Crippen LogP contribution in [-0.4, -0.2) is 6.54 Å². The average molecular weight is 281 g/mol. The molecule has 112 valence electrons. The fourth-order valence-corrected chi connectivity index (χ4v) is 2.84. The van der Waals surface area contributed by atoms with Crippen LogP contribution in [0.5, 0.6) is 0 Å². The van der Waals surface area contributed by atoms with Crippen LogP contribution < -0.4 is 5.32 Å². The third-order valence-electron chi connectivity index (χ3n) is 4.11. The van der Waals surface area contributed by atoms with Gasteiger partial charge in [-0.15, -0.1) is 0 Å². The molecule has 21 heavy (non-hydrogen) atoms. The first kappa shape index (κ1) is 15.8. The maximum Gasteiger partial charge on any atom is 0.0211 e. The van der Waals surface area contributed by atoms with Crippen molar-refractivity contribution in [3.05, 3.63) is 58.7 Å². The first-order chi connectivity index (χ1) is 10.2. The average Bonchev–Trinajstić information content (AvgIpc) is 2.53. The van der Waals surface area contributed by atoms with E-state index in [0.717, 1.165) is 25.9 Å². The molecule has 0 atom stereocenters.